The predicted octanol–water partition coefficient (Wildman–Crippen LogP) is 5.84. The van der Waals surface area contributed by atoms with Gasteiger partial charge >= 0.3 is 0 Å². The maximum atomic E-state index is 13.5. The van der Waals surface area contributed by atoms with Gasteiger partial charge in [-0.3, -0.25) is 9.59 Å². The maximum absolute atomic E-state index is 13.5. The summed E-state index contributed by atoms with van der Waals surface area (Å²) in [7, 11) is 3.48. The SMILES string of the molecule is COc1ccccc1CC(C)N(C)C(=O)c1csc(C2CCN(C(=O)c3c(-c4ccccc4)noc3C)CC2)n1. The highest BCUT2D eigenvalue weighted by atomic mass is 32.1. The first kappa shape index (κ1) is 27.6. The number of hydrogen-bond donors (Lipinski definition) is 0. The molecule has 1 fully saturated rings. The summed E-state index contributed by atoms with van der Waals surface area (Å²) in [5.74, 6) is 1.42. The van der Waals surface area contributed by atoms with E-state index in [1.165, 1.54) is 11.3 Å². The second-order valence-electron chi connectivity index (χ2n) is 10.2. The third-order valence-electron chi connectivity index (χ3n) is 7.69. The number of aromatic nitrogens is 2. The Bertz CT molecular complexity index is 1470. The quantitative estimate of drug-likeness (QED) is 0.270. The molecule has 2 amide bonds. The van der Waals surface area contributed by atoms with Gasteiger partial charge in [0.1, 0.15) is 28.5 Å². The van der Waals surface area contributed by atoms with Gasteiger partial charge in [0.05, 0.1) is 12.1 Å². The average Bonchev–Trinajstić information content (AvgIpc) is 3.64. The van der Waals surface area contributed by atoms with Crippen molar-refractivity contribution in [1.82, 2.24) is 19.9 Å². The van der Waals surface area contributed by atoms with Crippen molar-refractivity contribution in [2.45, 2.75) is 45.1 Å². The van der Waals surface area contributed by atoms with E-state index in [2.05, 4.69) is 5.16 Å². The Hall–Kier alpha value is -3.98. The molecule has 9 heteroatoms. The number of likely N-dealkylation sites (tertiary alicyclic amines) is 1. The van der Waals surface area contributed by atoms with Gasteiger partial charge in [-0.1, -0.05) is 53.7 Å². The van der Waals surface area contributed by atoms with Crippen molar-refractivity contribution in [3.63, 3.8) is 0 Å². The zero-order chi connectivity index (χ0) is 28.2. The van der Waals surface area contributed by atoms with Gasteiger partial charge in [0.15, 0.2) is 0 Å². The van der Waals surface area contributed by atoms with Crippen LogP contribution in [-0.4, -0.2) is 65.0 Å². The molecule has 0 radical (unpaired) electrons. The molecule has 40 heavy (non-hydrogen) atoms. The highest BCUT2D eigenvalue weighted by Gasteiger charge is 2.31. The van der Waals surface area contributed by atoms with E-state index < -0.39 is 0 Å². The number of carbonyl (C=O) groups is 2. The lowest BCUT2D eigenvalue weighted by Gasteiger charge is -2.31. The van der Waals surface area contributed by atoms with Crippen molar-refractivity contribution in [3.05, 3.63) is 87.6 Å². The largest absolute Gasteiger partial charge is 0.496 e. The normalized spacial score (nSPS) is 14.7. The van der Waals surface area contributed by atoms with Crippen molar-refractivity contribution in [3.8, 4) is 17.0 Å². The van der Waals surface area contributed by atoms with Gasteiger partial charge in [-0.25, -0.2) is 4.98 Å². The standard InChI is InChI=1S/C31H34N4O4S/c1-20(18-24-12-8-9-13-26(24)38-4)34(3)30(36)25-19-40-29(32-25)23-14-16-35(17-15-23)31(37)27-21(2)39-33-28(27)22-10-6-5-7-11-22/h5-13,19-20,23H,14-18H2,1-4H3. The zero-order valence-corrected chi connectivity index (χ0v) is 24.1. The molecule has 0 saturated carbocycles. The molecule has 0 spiro atoms. The highest BCUT2D eigenvalue weighted by molar-refractivity contribution is 7.09. The Balaban J connectivity index is 1.20. The number of amides is 2. The molecule has 1 aliphatic heterocycles. The Morgan fingerprint density at radius 1 is 1.12 bits per heavy atom. The number of ether oxygens (including phenoxy) is 1. The van der Waals surface area contributed by atoms with Crippen LogP contribution in [0.5, 0.6) is 5.75 Å². The Kier molecular flexibility index (Phi) is 8.30. The van der Waals surface area contributed by atoms with Crippen LogP contribution in [0.4, 0.5) is 0 Å². The second kappa shape index (κ2) is 12.0. The summed E-state index contributed by atoms with van der Waals surface area (Å²) >= 11 is 1.53. The van der Waals surface area contributed by atoms with E-state index in [0.717, 1.165) is 34.7 Å². The molecule has 4 aromatic rings. The molecule has 1 atom stereocenters. The lowest BCUT2D eigenvalue weighted by molar-refractivity contribution is 0.0711. The maximum Gasteiger partial charge on any atom is 0.273 e. The minimum atomic E-state index is -0.0890. The van der Waals surface area contributed by atoms with Gasteiger partial charge in [-0.2, -0.15) is 0 Å². The van der Waals surface area contributed by atoms with E-state index >= 15 is 0 Å². The fourth-order valence-corrected chi connectivity index (χ4v) is 6.15. The predicted molar refractivity (Wildman–Crippen MR) is 155 cm³/mol. The van der Waals surface area contributed by atoms with E-state index in [-0.39, 0.29) is 23.8 Å². The third kappa shape index (κ3) is 5.65. The minimum Gasteiger partial charge on any atom is -0.496 e. The zero-order valence-electron chi connectivity index (χ0n) is 23.3. The minimum absolute atomic E-state index is 0.0233. The third-order valence-corrected chi connectivity index (χ3v) is 8.69. The van der Waals surface area contributed by atoms with E-state index in [1.54, 1.807) is 18.9 Å². The van der Waals surface area contributed by atoms with Crippen molar-refractivity contribution in [1.29, 1.82) is 0 Å². The van der Waals surface area contributed by atoms with Crippen molar-refractivity contribution in [2.75, 3.05) is 27.2 Å². The number of hydrogen-bond acceptors (Lipinski definition) is 7. The van der Waals surface area contributed by atoms with Crippen LogP contribution in [-0.2, 0) is 6.42 Å². The Morgan fingerprint density at radius 3 is 2.55 bits per heavy atom. The lowest BCUT2D eigenvalue weighted by atomic mass is 9.96. The molecule has 3 heterocycles. The molecular weight excluding hydrogens is 524 g/mol. The van der Waals surface area contributed by atoms with Crippen LogP contribution in [0, 0.1) is 6.92 Å². The molecule has 2 aromatic heterocycles. The molecule has 1 aliphatic rings. The van der Waals surface area contributed by atoms with Gasteiger partial charge in [0.25, 0.3) is 11.8 Å². The van der Waals surface area contributed by atoms with Gasteiger partial charge in [-0.05, 0) is 44.7 Å². The van der Waals surface area contributed by atoms with Crippen molar-refractivity contribution < 1.29 is 18.8 Å². The fraction of sp³-hybridized carbons (Fsp3) is 0.355. The fourth-order valence-electron chi connectivity index (χ4n) is 5.19. The van der Waals surface area contributed by atoms with Crippen LogP contribution in [0.25, 0.3) is 11.3 Å². The summed E-state index contributed by atoms with van der Waals surface area (Å²) in [5.41, 5.74) is 3.50. The summed E-state index contributed by atoms with van der Waals surface area (Å²) in [6.45, 7) is 5.04. The van der Waals surface area contributed by atoms with E-state index in [0.29, 0.717) is 42.2 Å². The number of likely N-dealkylation sites (N-methyl/N-ethyl adjacent to an activating group) is 1. The van der Waals surface area contributed by atoms with Gasteiger partial charge < -0.3 is 19.1 Å². The number of methoxy groups -OCH3 is 1. The van der Waals surface area contributed by atoms with Crippen LogP contribution >= 0.6 is 11.3 Å². The molecule has 0 N–H and O–H groups in total. The van der Waals surface area contributed by atoms with E-state index in [1.807, 2.05) is 78.8 Å². The number of benzene rings is 2. The Morgan fingerprint density at radius 2 is 1.82 bits per heavy atom. The molecule has 1 saturated heterocycles. The van der Waals surface area contributed by atoms with Crippen LogP contribution in [0.15, 0.2) is 64.5 Å². The van der Waals surface area contributed by atoms with Gasteiger partial charge in [0.2, 0.25) is 0 Å². The van der Waals surface area contributed by atoms with Crippen LogP contribution in [0.2, 0.25) is 0 Å². The summed E-state index contributed by atoms with van der Waals surface area (Å²) in [4.78, 5) is 35.1. The molecule has 208 valence electrons. The molecule has 2 aromatic carbocycles. The van der Waals surface area contributed by atoms with Crippen LogP contribution in [0.1, 0.15) is 62.9 Å². The molecule has 0 aliphatic carbocycles. The summed E-state index contributed by atoms with van der Waals surface area (Å²) in [6, 6.07) is 17.5. The second-order valence-corrected chi connectivity index (χ2v) is 11.1. The number of rotatable bonds is 8. The van der Waals surface area contributed by atoms with Gasteiger partial charge in [0, 0.05) is 43.0 Å². The first-order valence-electron chi connectivity index (χ1n) is 13.5. The molecular formula is C31H34N4O4S. The lowest BCUT2D eigenvalue weighted by Crippen LogP contribution is -2.38. The number of aryl methyl sites for hydroxylation is 1. The highest BCUT2D eigenvalue weighted by Crippen LogP contribution is 2.33. The van der Waals surface area contributed by atoms with E-state index in [9.17, 15) is 9.59 Å². The van der Waals surface area contributed by atoms with E-state index in [4.69, 9.17) is 14.2 Å². The number of thiazole rings is 1. The summed E-state index contributed by atoms with van der Waals surface area (Å²) in [5, 5.41) is 6.98. The average molecular weight is 559 g/mol. The molecule has 1 unspecified atom stereocenters. The first-order chi connectivity index (χ1) is 19.4. The number of piperidine rings is 1. The molecule has 8 nitrogen and oxygen atoms in total. The number of nitrogens with zero attached hydrogens (tertiary/aromatic N) is 4. The number of para-hydroxylation sites is 1. The van der Waals surface area contributed by atoms with Crippen molar-refractivity contribution in [2.24, 2.45) is 0 Å². The van der Waals surface area contributed by atoms with Crippen molar-refractivity contribution >= 4 is 23.2 Å². The number of carbonyl (C=O) groups excluding carboxylic acids is 2. The van der Waals surface area contributed by atoms with Crippen LogP contribution in [0.3, 0.4) is 0 Å². The Labute approximate surface area is 238 Å². The van der Waals surface area contributed by atoms with Crippen LogP contribution < -0.4 is 4.74 Å². The topological polar surface area (TPSA) is 88.8 Å². The molecule has 0 bridgehead atoms. The first-order valence-corrected chi connectivity index (χ1v) is 14.4. The summed E-state index contributed by atoms with van der Waals surface area (Å²) in [6.07, 6.45) is 2.27. The molecule has 5 rings (SSSR count). The smallest absolute Gasteiger partial charge is 0.273 e. The monoisotopic (exact) mass is 558 g/mol. The van der Waals surface area contributed by atoms with Gasteiger partial charge in [-0.15, -0.1) is 11.3 Å². The summed E-state index contributed by atoms with van der Waals surface area (Å²) < 4.78 is 10.9.